The summed E-state index contributed by atoms with van der Waals surface area (Å²) in [5, 5.41) is 4.11. The zero-order chi connectivity index (χ0) is 12.1. The molecule has 16 heavy (non-hydrogen) atoms. The van der Waals surface area contributed by atoms with E-state index in [1.54, 1.807) is 4.68 Å². The minimum absolute atomic E-state index is 0.278. The smallest absolute Gasteiger partial charge is 0.231 e. The van der Waals surface area contributed by atoms with Gasteiger partial charge in [-0.2, -0.15) is 5.10 Å². The highest BCUT2D eigenvalue weighted by molar-refractivity contribution is 5.75. The van der Waals surface area contributed by atoms with Crippen LogP contribution in [0.15, 0.2) is 12.4 Å². The first kappa shape index (κ1) is 12.7. The number of nitrogens with two attached hydrogens (primary N) is 1. The first-order valence-electron chi connectivity index (χ1n) is 5.49. The number of carbonyl (C=O) groups is 1. The molecule has 0 bridgehead atoms. The van der Waals surface area contributed by atoms with Crippen LogP contribution in [0, 0.1) is 0 Å². The zero-order valence-electron chi connectivity index (χ0n) is 10.2. The maximum Gasteiger partial charge on any atom is 0.231 e. The lowest BCUT2D eigenvalue weighted by Gasteiger charge is -2.24. The first-order valence-corrected chi connectivity index (χ1v) is 5.49. The number of hydrogen-bond acceptors (Lipinski definition) is 3. The number of carbonyl (C=O) groups excluding carboxylic acids is 1. The van der Waals surface area contributed by atoms with E-state index in [-0.39, 0.29) is 5.91 Å². The molecule has 0 spiro atoms. The molecule has 2 N–H and O–H groups in total. The average Bonchev–Trinajstić information content (AvgIpc) is 2.58. The number of hydrogen-bond donors (Lipinski definition) is 1. The zero-order valence-corrected chi connectivity index (χ0v) is 10.2. The van der Waals surface area contributed by atoms with Crippen molar-refractivity contribution in [2.45, 2.75) is 26.3 Å². The minimum Gasteiger partial charge on any atom is -0.369 e. The van der Waals surface area contributed by atoms with E-state index in [1.807, 2.05) is 19.4 Å². The second-order valence-electron chi connectivity index (χ2n) is 4.30. The van der Waals surface area contributed by atoms with E-state index < -0.39 is 0 Å². The predicted octanol–water partition coefficient (Wildman–Crippen LogP) is 0.158. The summed E-state index contributed by atoms with van der Waals surface area (Å²) in [6.45, 7) is 5.27. The highest BCUT2D eigenvalue weighted by atomic mass is 16.1. The summed E-state index contributed by atoms with van der Waals surface area (Å²) < 4.78 is 1.78. The molecule has 0 saturated carbocycles. The Bertz CT molecular complexity index is 346. The van der Waals surface area contributed by atoms with Gasteiger partial charge in [-0.05, 0) is 25.8 Å². The van der Waals surface area contributed by atoms with E-state index in [1.165, 1.54) is 5.56 Å². The summed E-state index contributed by atoms with van der Waals surface area (Å²) in [6.07, 6.45) is 4.73. The molecule has 5 heteroatoms. The summed E-state index contributed by atoms with van der Waals surface area (Å²) in [7, 11) is 1.90. The Morgan fingerprint density at radius 2 is 2.31 bits per heavy atom. The molecule has 0 atom stereocenters. The van der Waals surface area contributed by atoms with Crippen LogP contribution in [0.3, 0.4) is 0 Å². The number of primary amides is 1. The van der Waals surface area contributed by atoms with Crippen molar-refractivity contribution in [1.29, 1.82) is 0 Å². The third-order valence-electron chi connectivity index (χ3n) is 2.54. The van der Waals surface area contributed by atoms with Crippen LogP contribution in [0.5, 0.6) is 0 Å². The van der Waals surface area contributed by atoms with Crippen LogP contribution in [0.4, 0.5) is 0 Å². The summed E-state index contributed by atoms with van der Waals surface area (Å²) in [5.74, 6) is -0.278. The van der Waals surface area contributed by atoms with Gasteiger partial charge >= 0.3 is 0 Å². The van der Waals surface area contributed by atoms with Crippen LogP contribution in [0.1, 0.15) is 19.4 Å². The van der Waals surface area contributed by atoms with Crippen LogP contribution in [-0.4, -0.2) is 39.7 Å². The van der Waals surface area contributed by atoms with Crippen molar-refractivity contribution >= 4 is 5.91 Å². The van der Waals surface area contributed by atoms with Crippen molar-refractivity contribution in [2.75, 3.05) is 13.1 Å². The maximum atomic E-state index is 10.9. The fourth-order valence-electron chi connectivity index (χ4n) is 1.59. The average molecular weight is 224 g/mol. The fourth-order valence-corrected chi connectivity index (χ4v) is 1.59. The van der Waals surface area contributed by atoms with Gasteiger partial charge in [0.25, 0.3) is 0 Å². The van der Waals surface area contributed by atoms with Gasteiger partial charge in [0.1, 0.15) is 0 Å². The predicted molar refractivity (Wildman–Crippen MR) is 62.8 cm³/mol. The Labute approximate surface area is 96.2 Å². The second-order valence-corrected chi connectivity index (χ2v) is 4.30. The Morgan fingerprint density at radius 3 is 2.75 bits per heavy atom. The number of rotatable bonds is 6. The molecule has 0 aromatic carbocycles. The van der Waals surface area contributed by atoms with Gasteiger partial charge in [-0.3, -0.25) is 14.4 Å². The van der Waals surface area contributed by atoms with Gasteiger partial charge in [0, 0.05) is 25.8 Å². The van der Waals surface area contributed by atoms with Crippen LogP contribution in [0.25, 0.3) is 0 Å². The van der Waals surface area contributed by atoms with E-state index >= 15 is 0 Å². The van der Waals surface area contributed by atoms with Gasteiger partial charge in [0.05, 0.1) is 12.7 Å². The number of aromatic nitrogens is 2. The summed E-state index contributed by atoms with van der Waals surface area (Å²) in [4.78, 5) is 13.0. The molecule has 90 valence electrons. The van der Waals surface area contributed by atoms with E-state index in [0.717, 1.165) is 13.0 Å². The highest BCUT2D eigenvalue weighted by Crippen LogP contribution is 2.03. The number of aryl methyl sites for hydroxylation is 1. The monoisotopic (exact) mass is 224 g/mol. The van der Waals surface area contributed by atoms with Gasteiger partial charge in [0.15, 0.2) is 0 Å². The van der Waals surface area contributed by atoms with E-state index in [2.05, 4.69) is 23.8 Å². The van der Waals surface area contributed by atoms with Gasteiger partial charge in [-0.25, -0.2) is 0 Å². The standard InChI is InChI=1S/C11H20N4O/c1-9(2)15(8-11(12)16)5-4-10-6-13-14(3)7-10/h6-7,9H,4-5,8H2,1-3H3,(H2,12,16). The molecule has 0 aliphatic carbocycles. The lowest BCUT2D eigenvalue weighted by atomic mass is 10.2. The van der Waals surface area contributed by atoms with Crippen molar-refractivity contribution in [3.63, 3.8) is 0 Å². The Balaban J connectivity index is 2.46. The molecule has 5 nitrogen and oxygen atoms in total. The molecule has 0 saturated heterocycles. The highest BCUT2D eigenvalue weighted by Gasteiger charge is 2.12. The normalized spacial score (nSPS) is 11.3. The van der Waals surface area contributed by atoms with Gasteiger partial charge < -0.3 is 5.73 Å². The largest absolute Gasteiger partial charge is 0.369 e. The SMILES string of the molecule is CC(C)N(CCc1cnn(C)c1)CC(N)=O. The van der Waals surface area contributed by atoms with Crippen molar-refractivity contribution in [1.82, 2.24) is 14.7 Å². The lowest BCUT2D eigenvalue weighted by molar-refractivity contribution is -0.119. The van der Waals surface area contributed by atoms with Crippen molar-refractivity contribution in [2.24, 2.45) is 12.8 Å². The second kappa shape index (κ2) is 5.65. The Morgan fingerprint density at radius 1 is 1.62 bits per heavy atom. The van der Waals surface area contributed by atoms with Gasteiger partial charge in [-0.1, -0.05) is 0 Å². The first-order chi connectivity index (χ1) is 7.49. The quantitative estimate of drug-likeness (QED) is 0.748. The molecule has 0 radical (unpaired) electrons. The summed E-state index contributed by atoms with van der Waals surface area (Å²) in [6, 6.07) is 0.323. The van der Waals surface area contributed by atoms with Crippen LogP contribution >= 0.6 is 0 Å². The third-order valence-corrected chi connectivity index (χ3v) is 2.54. The molecule has 1 amide bonds. The molecule has 1 aromatic heterocycles. The molecule has 1 aromatic rings. The lowest BCUT2D eigenvalue weighted by Crippen LogP contribution is -2.39. The van der Waals surface area contributed by atoms with Crippen LogP contribution in [0.2, 0.25) is 0 Å². The molecule has 1 heterocycles. The van der Waals surface area contributed by atoms with Gasteiger partial charge in [-0.15, -0.1) is 0 Å². The molecule has 0 aliphatic rings. The number of nitrogens with zero attached hydrogens (tertiary/aromatic N) is 3. The molecule has 1 rings (SSSR count). The van der Waals surface area contributed by atoms with E-state index in [4.69, 9.17) is 5.73 Å². The third kappa shape index (κ3) is 4.02. The topological polar surface area (TPSA) is 64.2 Å². The maximum absolute atomic E-state index is 10.9. The molecule has 0 aliphatic heterocycles. The van der Waals surface area contributed by atoms with E-state index in [0.29, 0.717) is 12.6 Å². The van der Waals surface area contributed by atoms with Crippen molar-refractivity contribution in [3.05, 3.63) is 18.0 Å². The summed E-state index contributed by atoms with van der Waals surface area (Å²) in [5.41, 5.74) is 6.39. The minimum atomic E-state index is -0.278. The molecule has 0 fully saturated rings. The molecule has 0 unspecified atom stereocenters. The Hall–Kier alpha value is -1.36. The van der Waals surface area contributed by atoms with Crippen LogP contribution < -0.4 is 5.73 Å². The van der Waals surface area contributed by atoms with Crippen LogP contribution in [-0.2, 0) is 18.3 Å². The van der Waals surface area contributed by atoms with Crippen molar-refractivity contribution < 1.29 is 4.79 Å². The fraction of sp³-hybridized carbons (Fsp3) is 0.636. The van der Waals surface area contributed by atoms with E-state index in [9.17, 15) is 4.79 Å². The number of amides is 1. The molecular weight excluding hydrogens is 204 g/mol. The van der Waals surface area contributed by atoms with Crippen molar-refractivity contribution in [3.8, 4) is 0 Å². The Kier molecular flexibility index (Phi) is 4.49. The van der Waals surface area contributed by atoms with Gasteiger partial charge in [0.2, 0.25) is 5.91 Å². The summed E-state index contributed by atoms with van der Waals surface area (Å²) >= 11 is 0. The molecular formula is C11H20N4O.